The van der Waals surface area contributed by atoms with Crippen LogP contribution >= 0.6 is 0 Å². The molecule has 1 saturated carbocycles. The second-order valence-electron chi connectivity index (χ2n) is 6.29. The fraction of sp³-hybridized carbons (Fsp3) is 0.625. The monoisotopic (exact) mass is 318 g/mol. The number of carbonyl (C=O) groups excluding carboxylic acids is 1. The first-order chi connectivity index (χ1) is 11.1. The molecule has 0 spiro atoms. The second kappa shape index (κ2) is 6.93. The molecule has 7 heteroatoms. The third-order valence-electron chi connectivity index (χ3n) is 4.85. The van der Waals surface area contributed by atoms with Crippen LogP contribution in [0.25, 0.3) is 0 Å². The van der Waals surface area contributed by atoms with Crippen LogP contribution in [0.2, 0.25) is 0 Å². The van der Waals surface area contributed by atoms with Crippen molar-refractivity contribution in [3.8, 4) is 0 Å². The summed E-state index contributed by atoms with van der Waals surface area (Å²) < 4.78 is 0. The van der Waals surface area contributed by atoms with Crippen LogP contribution in [0.4, 0.5) is 5.82 Å². The van der Waals surface area contributed by atoms with Crippen molar-refractivity contribution in [3.05, 3.63) is 18.3 Å². The van der Waals surface area contributed by atoms with Gasteiger partial charge >= 0.3 is 5.97 Å². The quantitative estimate of drug-likeness (QED) is 0.895. The van der Waals surface area contributed by atoms with E-state index in [4.69, 9.17) is 5.11 Å². The van der Waals surface area contributed by atoms with Crippen LogP contribution in [-0.4, -0.2) is 58.3 Å². The van der Waals surface area contributed by atoms with Crippen LogP contribution in [0.3, 0.4) is 0 Å². The SMILES string of the molecule is O=C(O)C1CCCC(C(=O)N2CCN(c3cccnn3)CC2)C1. The largest absolute Gasteiger partial charge is 0.481 e. The molecule has 0 bridgehead atoms. The molecule has 2 atom stereocenters. The third kappa shape index (κ3) is 3.60. The number of piperazine rings is 1. The highest BCUT2D eigenvalue weighted by atomic mass is 16.4. The molecule has 1 N–H and O–H groups in total. The maximum absolute atomic E-state index is 12.7. The molecule has 23 heavy (non-hydrogen) atoms. The molecule has 1 aliphatic carbocycles. The van der Waals surface area contributed by atoms with E-state index in [1.807, 2.05) is 17.0 Å². The summed E-state index contributed by atoms with van der Waals surface area (Å²) in [7, 11) is 0. The van der Waals surface area contributed by atoms with Gasteiger partial charge in [0.1, 0.15) is 0 Å². The second-order valence-corrected chi connectivity index (χ2v) is 6.29. The normalized spacial score (nSPS) is 25.2. The Hall–Kier alpha value is -2.18. The molecule has 2 heterocycles. The van der Waals surface area contributed by atoms with Crippen LogP contribution in [0.15, 0.2) is 18.3 Å². The maximum atomic E-state index is 12.7. The summed E-state index contributed by atoms with van der Waals surface area (Å²) in [5, 5.41) is 17.1. The lowest BCUT2D eigenvalue weighted by atomic mass is 9.80. The zero-order valence-corrected chi connectivity index (χ0v) is 13.1. The first-order valence-electron chi connectivity index (χ1n) is 8.19. The number of carboxylic acids is 1. The standard InChI is InChI=1S/C16H22N4O3/c21-15(12-3-1-4-13(11-12)16(22)23)20-9-7-19(8-10-20)14-5-2-6-17-18-14/h2,5-6,12-13H,1,3-4,7-11H2,(H,22,23). The fourth-order valence-corrected chi connectivity index (χ4v) is 3.51. The van der Waals surface area contributed by atoms with E-state index < -0.39 is 5.97 Å². The Balaban J connectivity index is 1.55. The molecule has 124 valence electrons. The Morgan fingerprint density at radius 1 is 1.13 bits per heavy atom. The molecular weight excluding hydrogens is 296 g/mol. The number of hydrogen-bond acceptors (Lipinski definition) is 5. The van der Waals surface area contributed by atoms with Crippen molar-refractivity contribution in [3.63, 3.8) is 0 Å². The number of carbonyl (C=O) groups is 2. The molecule has 1 aromatic heterocycles. The Kier molecular flexibility index (Phi) is 4.73. The van der Waals surface area contributed by atoms with Gasteiger partial charge in [0.15, 0.2) is 5.82 Å². The van der Waals surface area contributed by atoms with Crippen molar-refractivity contribution in [1.29, 1.82) is 0 Å². The average molecular weight is 318 g/mol. The van der Waals surface area contributed by atoms with E-state index in [-0.39, 0.29) is 17.7 Å². The molecule has 1 aromatic rings. The molecule has 2 unspecified atom stereocenters. The van der Waals surface area contributed by atoms with E-state index in [2.05, 4.69) is 15.1 Å². The Bertz CT molecular complexity index is 558. The smallest absolute Gasteiger partial charge is 0.306 e. The number of aliphatic carboxylic acids is 1. The van der Waals surface area contributed by atoms with Crippen LogP contribution in [0.5, 0.6) is 0 Å². The minimum absolute atomic E-state index is 0.120. The first-order valence-corrected chi connectivity index (χ1v) is 8.19. The number of carboxylic acid groups (broad SMARTS) is 1. The summed E-state index contributed by atoms with van der Waals surface area (Å²) in [6.07, 6.45) is 4.46. The summed E-state index contributed by atoms with van der Waals surface area (Å²) in [6, 6.07) is 3.77. The van der Waals surface area contributed by atoms with Crippen molar-refractivity contribution < 1.29 is 14.7 Å². The lowest BCUT2D eigenvalue weighted by molar-refractivity contribution is -0.145. The predicted octanol–water partition coefficient (Wildman–Crippen LogP) is 1.02. The number of rotatable bonds is 3. The van der Waals surface area contributed by atoms with E-state index in [1.165, 1.54) is 0 Å². The third-order valence-corrected chi connectivity index (χ3v) is 4.85. The highest BCUT2D eigenvalue weighted by molar-refractivity contribution is 5.80. The summed E-state index contributed by atoms with van der Waals surface area (Å²) >= 11 is 0. The summed E-state index contributed by atoms with van der Waals surface area (Å²) in [4.78, 5) is 27.8. The molecule has 0 aromatic carbocycles. The molecule has 1 saturated heterocycles. The van der Waals surface area contributed by atoms with Crippen LogP contribution in [-0.2, 0) is 9.59 Å². The molecule has 3 rings (SSSR count). The van der Waals surface area contributed by atoms with E-state index in [0.717, 1.165) is 31.7 Å². The van der Waals surface area contributed by atoms with E-state index in [0.29, 0.717) is 25.9 Å². The molecule has 2 fully saturated rings. The van der Waals surface area contributed by atoms with Gasteiger partial charge in [0.25, 0.3) is 0 Å². The number of aromatic nitrogens is 2. The maximum Gasteiger partial charge on any atom is 0.306 e. The minimum atomic E-state index is -0.769. The van der Waals surface area contributed by atoms with Gasteiger partial charge in [-0.25, -0.2) is 0 Å². The van der Waals surface area contributed by atoms with Gasteiger partial charge < -0.3 is 14.9 Å². The Morgan fingerprint density at radius 3 is 2.52 bits per heavy atom. The number of hydrogen-bond donors (Lipinski definition) is 1. The zero-order valence-electron chi connectivity index (χ0n) is 13.1. The number of anilines is 1. The number of nitrogens with zero attached hydrogens (tertiary/aromatic N) is 4. The number of amides is 1. The molecule has 1 amide bonds. The van der Waals surface area contributed by atoms with Gasteiger partial charge in [-0.1, -0.05) is 6.42 Å². The first kappa shape index (κ1) is 15.7. The summed E-state index contributed by atoms with van der Waals surface area (Å²) in [6.45, 7) is 2.78. The van der Waals surface area contributed by atoms with Gasteiger partial charge in [-0.15, -0.1) is 5.10 Å². The molecular formula is C16H22N4O3. The van der Waals surface area contributed by atoms with Gasteiger partial charge in [0.05, 0.1) is 5.92 Å². The van der Waals surface area contributed by atoms with Crippen LogP contribution < -0.4 is 4.90 Å². The van der Waals surface area contributed by atoms with Gasteiger partial charge in [-0.05, 0) is 31.4 Å². The van der Waals surface area contributed by atoms with Crippen molar-refractivity contribution in [2.24, 2.45) is 11.8 Å². The average Bonchev–Trinajstić information content (AvgIpc) is 2.62. The fourth-order valence-electron chi connectivity index (χ4n) is 3.51. The molecule has 7 nitrogen and oxygen atoms in total. The van der Waals surface area contributed by atoms with Gasteiger partial charge in [-0.2, -0.15) is 5.10 Å². The molecule has 0 radical (unpaired) electrons. The Morgan fingerprint density at radius 2 is 1.87 bits per heavy atom. The van der Waals surface area contributed by atoms with Crippen molar-refractivity contribution >= 4 is 17.7 Å². The topological polar surface area (TPSA) is 86.6 Å². The highest BCUT2D eigenvalue weighted by Gasteiger charge is 2.34. The van der Waals surface area contributed by atoms with E-state index in [1.54, 1.807) is 6.20 Å². The highest BCUT2D eigenvalue weighted by Crippen LogP contribution is 2.31. The van der Waals surface area contributed by atoms with Gasteiger partial charge in [0.2, 0.25) is 5.91 Å². The lowest BCUT2D eigenvalue weighted by Crippen LogP contribution is -2.51. The zero-order chi connectivity index (χ0) is 16.2. The van der Waals surface area contributed by atoms with Crippen LogP contribution in [0, 0.1) is 11.8 Å². The van der Waals surface area contributed by atoms with Crippen molar-refractivity contribution in [2.75, 3.05) is 31.1 Å². The minimum Gasteiger partial charge on any atom is -0.481 e. The summed E-state index contributed by atoms with van der Waals surface area (Å²) in [5.41, 5.74) is 0. The molecule has 1 aliphatic heterocycles. The Labute approximate surface area is 135 Å². The van der Waals surface area contributed by atoms with Crippen molar-refractivity contribution in [2.45, 2.75) is 25.7 Å². The van der Waals surface area contributed by atoms with Gasteiger partial charge in [0, 0.05) is 38.3 Å². The lowest BCUT2D eigenvalue weighted by Gasteiger charge is -2.38. The van der Waals surface area contributed by atoms with E-state index >= 15 is 0 Å². The van der Waals surface area contributed by atoms with Crippen molar-refractivity contribution in [1.82, 2.24) is 15.1 Å². The van der Waals surface area contributed by atoms with Gasteiger partial charge in [-0.3, -0.25) is 9.59 Å². The molecule has 2 aliphatic rings. The van der Waals surface area contributed by atoms with E-state index in [9.17, 15) is 9.59 Å². The summed E-state index contributed by atoms with van der Waals surface area (Å²) in [5.74, 6) is -0.306. The van der Waals surface area contributed by atoms with Crippen LogP contribution in [0.1, 0.15) is 25.7 Å². The predicted molar refractivity (Wildman–Crippen MR) is 83.9 cm³/mol.